The van der Waals surface area contributed by atoms with Crippen LogP contribution in [0.3, 0.4) is 0 Å². The molecule has 2 saturated heterocycles. The Bertz CT molecular complexity index is 915. The van der Waals surface area contributed by atoms with Gasteiger partial charge < -0.3 is 20.5 Å². The molecule has 29 heavy (non-hydrogen) atoms. The number of alkyl carbamates (subject to hydrolysis) is 1. The van der Waals surface area contributed by atoms with E-state index >= 15 is 0 Å². The zero-order chi connectivity index (χ0) is 20.0. The molecule has 2 bridgehead atoms. The van der Waals surface area contributed by atoms with Gasteiger partial charge in [0.15, 0.2) is 0 Å². The van der Waals surface area contributed by atoms with Gasteiger partial charge in [-0.3, -0.25) is 0 Å². The second-order valence-corrected chi connectivity index (χ2v) is 8.38. The lowest BCUT2D eigenvalue weighted by molar-refractivity contribution is -0.146. The summed E-state index contributed by atoms with van der Waals surface area (Å²) >= 11 is 0. The summed E-state index contributed by atoms with van der Waals surface area (Å²) in [6.45, 7) is 0.181. The Morgan fingerprint density at radius 3 is 2.10 bits per heavy atom. The third-order valence-electron chi connectivity index (χ3n) is 6.62. The van der Waals surface area contributed by atoms with Gasteiger partial charge in [0, 0.05) is 18.0 Å². The first-order valence-corrected chi connectivity index (χ1v) is 10.2. The van der Waals surface area contributed by atoms with Gasteiger partial charge in [0.2, 0.25) is 0 Å². The van der Waals surface area contributed by atoms with Crippen LogP contribution in [-0.2, 0) is 9.53 Å². The molecule has 0 aromatic heterocycles. The number of fused-ring (bicyclic) bond motifs is 5. The standard InChI is InChI=1S/C23H24N2O4/c26-21(27)23(11-14-9-10-15(12-23)24-14)25-22(28)29-13-20-18-7-3-1-5-16(18)17-6-2-4-8-19(17)20/h1-8,14-15,20,24H,9-13H2,(H,25,28)(H,26,27). The van der Waals surface area contributed by atoms with Crippen molar-refractivity contribution in [3.8, 4) is 11.1 Å². The lowest BCUT2D eigenvalue weighted by atomic mass is 9.84. The Morgan fingerprint density at radius 1 is 1.00 bits per heavy atom. The Hall–Kier alpha value is -2.86. The first-order valence-electron chi connectivity index (χ1n) is 10.2. The van der Waals surface area contributed by atoms with Gasteiger partial charge in [-0.25, -0.2) is 9.59 Å². The van der Waals surface area contributed by atoms with Crippen LogP contribution in [0.25, 0.3) is 11.1 Å². The number of hydrogen-bond acceptors (Lipinski definition) is 4. The summed E-state index contributed by atoms with van der Waals surface area (Å²) in [4.78, 5) is 24.6. The molecule has 6 heteroatoms. The highest BCUT2D eigenvalue weighted by molar-refractivity contribution is 5.85. The van der Waals surface area contributed by atoms with Crippen LogP contribution in [0.1, 0.15) is 42.7 Å². The van der Waals surface area contributed by atoms with Crippen LogP contribution in [0, 0.1) is 0 Å². The highest BCUT2D eigenvalue weighted by atomic mass is 16.5. The second kappa shape index (κ2) is 6.88. The number of nitrogens with one attached hydrogen (secondary N) is 2. The summed E-state index contributed by atoms with van der Waals surface area (Å²) in [5.74, 6) is -1.03. The lowest BCUT2D eigenvalue weighted by Crippen LogP contribution is -2.62. The van der Waals surface area contributed by atoms with Crippen molar-refractivity contribution in [2.45, 2.75) is 49.2 Å². The molecule has 2 unspecified atom stereocenters. The van der Waals surface area contributed by atoms with Crippen LogP contribution >= 0.6 is 0 Å². The normalized spacial score (nSPS) is 27.2. The van der Waals surface area contributed by atoms with E-state index in [0.717, 1.165) is 35.1 Å². The molecule has 3 N–H and O–H groups in total. The van der Waals surface area contributed by atoms with Crippen molar-refractivity contribution in [3.63, 3.8) is 0 Å². The molecule has 2 atom stereocenters. The minimum atomic E-state index is -1.25. The third-order valence-corrected chi connectivity index (χ3v) is 6.62. The topological polar surface area (TPSA) is 87.7 Å². The Labute approximate surface area is 169 Å². The Balaban J connectivity index is 1.31. The highest BCUT2D eigenvalue weighted by Crippen LogP contribution is 2.44. The van der Waals surface area contributed by atoms with Crippen molar-refractivity contribution < 1.29 is 19.4 Å². The molecular weight excluding hydrogens is 368 g/mol. The van der Waals surface area contributed by atoms with E-state index in [1.807, 2.05) is 24.3 Å². The molecule has 2 fully saturated rings. The predicted molar refractivity (Wildman–Crippen MR) is 108 cm³/mol. The Kier molecular flexibility index (Phi) is 4.32. The smallest absolute Gasteiger partial charge is 0.408 e. The minimum Gasteiger partial charge on any atom is -0.480 e. The minimum absolute atomic E-state index is 0.0434. The molecular formula is C23H24N2O4. The van der Waals surface area contributed by atoms with E-state index in [1.165, 1.54) is 0 Å². The Morgan fingerprint density at radius 2 is 1.55 bits per heavy atom. The zero-order valence-corrected chi connectivity index (χ0v) is 16.1. The fourth-order valence-electron chi connectivity index (χ4n) is 5.31. The fraction of sp³-hybridized carbons (Fsp3) is 0.391. The van der Waals surface area contributed by atoms with Gasteiger partial charge in [-0.15, -0.1) is 0 Å². The number of carboxylic acids is 1. The number of benzene rings is 2. The molecule has 5 rings (SSSR count). The average Bonchev–Trinajstić information content (AvgIpc) is 3.23. The molecule has 0 saturated carbocycles. The third kappa shape index (κ3) is 3.08. The number of rotatable bonds is 4. The van der Waals surface area contributed by atoms with Gasteiger partial charge >= 0.3 is 12.1 Å². The molecule has 2 heterocycles. The van der Waals surface area contributed by atoms with Gasteiger partial charge in [-0.05, 0) is 47.9 Å². The summed E-state index contributed by atoms with van der Waals surface area (Å²) in [6, 6.07) is 16.6. The molecule has 2 aromatic carbocycles. The molecule has 1 aliphatic carbocycles. The number of hydrogen-bond donors (Lipinski definition) is 3. The van der Waals surface area contributed by atoms with E-state index in [4.69, 9.17) is 4.74 Å². The summed E-state index contributed by atoms with van der Waals surface area (Å²) in [7, 11) is 0. The average molecular weight is 392 g/mol. The summed E-state index contributed by atoms with van der Waals surface area (Å²) in [5, 5.41) is 16.0. The van der Waals surface area contributed by atoms with Crippen LogP contribution < -0.4 is 10.6 Å². The van der Waals surface area contributed by atoms with E-state index in [0.29, 0.717) is 12.8 Å². The maximum Gasteiger partial charge on any atom is 0.408 e. The SMILES string of the molecule is O=C(NC1(C(=O)O)CC2CCC(C1)N2)OCC1c2ccccc2-c2ccccc21. The molecule has 3 aliphatic rings. The molecule has 0 spiro atoms. The van der Waals surface area contributed by atoms with Gasteiger partial charge in [-0.2, -0.15) is 0 Å². The second-order valence-electron chi connectivity index (χ2n) is 8.38. The zero-order valence-electron chi connectivity index (χ0n) is 16.1. The quantitative estimate of drug-likeness (QED) is 0.743. The van der Waals surface area contributed by atoms with Crippen LogP contribution in [0.2, 0.25) is 0 Å². The van der Waals surface area contributed by atoms with E-state index in [2.05, 4.69) is 34.9 Å². The molecule has 0 radical (unpaired) electrons. The number of amides is 1. The molecule has 1 amide bonds. The lowest BCUT2D eigenvalue weighted by Gasteiger charge is -2.38. The van der Waals surface area contributed by atoms with Gasteiger partial charge in [-0.1, -0.05) is 48.5 Å². The van der Waals surface area contributed by atoms with Gasteiger partial charge in [0.1, 0.15) is 12.1 Å². The number of carbonyl (C=O) groups is 2. The van der Waals surface area contributed by atoms with Crippen LogP contribution in [-0.4, -0.2) is 41.4 Å². The predicted octanol–water partition coefficient (Wildman–Crippen LogP) is 3.26. The van der Waals surface area contributed by atoms with Crippen molar-refractivity contribution in [1.82, 2.24) is 10.6 Å². The fourth-order valence-corrected chi connectivity index (χ4v) is 5.31. The number of carboxylic acid groups (broad SMARTS) is 1. The first kappa shape index (κ1) is 18.2. The van der Waals surface area contributed by atoms with E-state index < -0.39 is 17.6 Å². The van der Waals surface area contributed by atoms with Crippen molar-refractivity contribution in [3.05, 3.63) is 59.7 Å². The van der Waals surface area contributed by atoms with Crippen molar-refractivity contribution >= 4 is 12.1 Å². The molecule has 150 valence electrons. The van der Waals surface area contributed by atoms with E-state index in [1.54, 1.807) is 0 Å². The van der Waals surface area contributed by atoms with E-state index in [9.17, 15) is 14.7 Å². The summed E-state index contributed by atoms with van der Waals surface area (Å²) < 4.78 is 5.57. The first-order chi connectivity index (χ1) is 14.1. The van der Waals surface area contributed by atoms with Crippen LogP contribution in [0.15, 0.2) is 48.5 Å². The van der Waals surface area contributed by atoms with Gasteiger partial charge in [0.05, 0.1) is 0 Å². The van der Waals surface area contributed by atoms with E-state index in [-0.39, 0.29) is 24.6 Å². The molecule has 6 nitrogen and oxygen atoms in total. The molecule has 2 aromatic rings. The number of piperidine rings is 1. The summed E-state index contributed by atoms with van der Waals surface area (Å²) in [5.41, 5.74) is 3.34. The number of ether oxygens (including phenoxy) is 1. The van der Waals surface area contributed by atoms with Crippen molar-refractivity contribution in [1.29, 1.82) is 0 Å². The number of carbonyl (C=O) groups excluding carboxylic acids is 1. The van der Waals surface area contributed by atoms with Crippen LogP contribution in [0.4, 0.5) is 4.79 Å². The van der Waals surface area contributed by atoms with Crippen molar-refractivity contribution in [2.24, 2.45) is 0 Å². The molecule has 2 aliphatic heterocycles. The van der Waals surface area contributed by atoms with Crippen LogP contribution in [0.5, 0.6) is 0 Å². The number of aliphatic carboxylic acids is 1. The maximum absolute atomic E-state index is 12.6. The van der Waals surface area contributed by atoms with Gasteiger partial charge in [0.25, 0.3) is 0 Å². The monoisotopic (exact) mass is 392 g/mol. The van der Waals surface area contributed by atoms with Crippen molar-refractivity contribution in [2.75, 3.05) is 6.61 Å². The maximum atomic E-state index is 12.6. The summed E-state index contributed by atoms with van der Waals surface area (Å²) in [6.07, 6.45) is 2.03. The highest BCUT2D eigenvalue weighted by Gasteiger charge is 2.50. The largest absolute Gasteiger partial charge is 0.480 e.